The summed E-state index contributed by atoms with van der Waals surface area (Å²) in [6.45, 7) is 6.52. The monoisotopic (exact) mass is 599 g/mol. The summed E-state index contributed by atoms with van der Waals surface area (Å²) in [6.07, 6.45) is 36.3. The molecule has 0 aromatic heterocycles. The van der Waals surface area contributed by atoms with Crippen LogP contribution in [0.1, 0.15) is 187 Å². The lowest BCUT2D eigenvalue weighted by Gasteiger charge is -2.60. The van der Waals surface area contributed by atoms with Crippen molar-refractivity contribution in [2.45, 2.75) is 199 Å². The summed E-state index contributed by atoms with van der Waals surface area (Å²) < 4.78 is 12.5. The predicted octanol–water partition coefficient (Wildman–Crippen LogP) is 11.4. The number of hydrogen-bond donors (Lipinski definition) is 0. The third-order valence-electron chi connectivity index (χ3n) is 13.6. The maximum absolute atomic E-state index is 13.9. The minimum atomic E-state index is 0.0906. The Bertz CT molecular complexity index is 725. The minimum Gasteiger partial charge on any atom is -0.378 e. The van der Waals surface area contributed by atoms with Gasteiger partial charge in [0, 0.05) is 24.0 Å². The van der Waals surface area contributed by atoms with Crippen LogP contribution in [0.25, 0.3) is 0 Å². The van der Waals surface area contributed by atoms with Crippen LogP contribution in [0.15, 0.2) is 0 Å². The van der Waals surface area contributed by atoms with Crippen LogP contribution in [0.5, 0.6) is 0 Å². The van der Waals surface area contributed by atoms with E-state index in [9.17, 15) is 4.79 Å². The Kier molecular flexibility index (Phi) is 13.4. The van der Waals surface area contributed by atoms with Gasteiger partial charge in [-0.3, -0.25) is 4.79 Å². The molecule has 0 atom stereocenters. The van der Waals surface area contributed by atoms with E-state index in [2.05, 4.69) is 13.8 Å². The molecule has 5 saturated carbocycles. The van der Waals surface area contributed by atoms with E-state index in [4.69, 9.17) is 9.47 Å². The van der Waals surface area contributed by atoms with E-state index < -0.39 is 0 Å². The third-order valence-corrected chi connectivity index (χ3v) is 13.6. The third kappa shape index (κ3) is 8.90. The first kappa shape index (κ1) is 33.9. The van der Waals surface area contributed by atoms with E-state index in [-0.39, 0.29) is 10.8 Å². The molecule has 5 aliphatic rings. The Hall–Kier alpha value is -0.410. The topological polar surface area (TPSA) is 35.5 Å². The van der Waals surface area contributed by atoms with E-state index in [0.29, 0.717) is 12.2 Å². The fraction of sp³-hybridized carbons (Fsp3) is 0.975. The molecule has 0 bridgehead atoms. The van der Waals surface area contributed by atoms with Crippen molar-refractivity contribution in [2.75, 3.05) is 13.2 Å². The molecule has 0 heterocycles. The van der Waals surface area contributed by atoms with Crippen LogP contribution in [0.4, 0.5) is 0 Å². The largest absolute Gasteiger partial charge is 0.378 e. The standard InChI is InChI=1S/C40H70O3/c1-3-5-7-9-11-29-42-36-17-13-32(14-18-36)34-21-25-39(26-22-34)31-40(38(39)41)27-23-35(24-28-40)33-15-19-37(20-16-33)43-30-12-10-8-6-4-2/h32-37H,3-31H2,1-2H3/t32-,33-,34?,35?,36-,37-,39?,40?. The van der Waals surface area contributed by atoms with Gasteiger partial charge in [-0.2, -0.15) is 0 Å². The van der Waals surface area contributed by atoms with Crippen LogP contribution < -0.4 is 0 Å². The van der Waals surface area contributed by atoms with Gasteiger partial charge in [-0.25, -0.2) is 0 Å². The SMILES string of the molecule is CCCCCCCO[C@H]1CC[C@H](C2CCC3(CC2)CC2(CCC([C@H]4CC[C@H](OCCCCCCC)CC4)CC2)C3=O)CC1. The molecule has 5 rings (SSSR count). The Balaban J connectivity index is 0.941. The maximum Gasteiger partial charge on any atom is 0.145 e. The van der Waals surface area contributed by atoms with Crippen molar-refractivity contribution in [1.82, 2.24) is 0 Å². The summed E-state index contributed by atoms with van der Waals surface area (Å²) in [5, 5.41) is 0. The molecule has 0 aromatic carbocycles. The van der Waals surface area contributed by atoms with Crippen LogP contribution in [0, 0.1) is 34.5 Å². The van der Waals surface area contributed by atoms with Gasteiger partial charge in [0.05, 0.1) is 12.2 Å². The van der Waals surface area contributed by atoms with Crippen molar-refractivity contribution in [3.05, 3.63) is 0 Å². The predicted molar refractivity (Wildman–Crippen MR) is 179 cm³/mol. The van der Waals surface area contributed by atoms with Crippen LogP contribution in [-0.2, 0) is 14.3 Å². The Morgan fingerprint density at radius 2 is 0.837 bits per heavy atom. The molecule has 0 aromatic rings. The smallest absolute Gasteiger partial charge is 0.145 e. The summed E-state index contributed by atoms with van der Waals surface area (Å²) in [4.78, 5) is 13.9. The normalized spacial score (nSPS) is 38.4. The van der Waals surface area contributed by atoms with Crippen LogP contribution in [0.2, 0.25) is 0 Å². The van der Waals surface area contributed by atoms with Crippen LogP contribution >= 0.6 is 0 Å². The summed E-state index contributed by atoms with van der Waals surface area (Å²) in [6, 6.07) is 0. The lowest BCUT2D eigenvalue weighted by molar-refractivity contribution is -0.170. The molecule has 5 fully saturated rings. The number of Topliss-reactive ketones (excluding diaryl/α,β-unsaturated/α-hetero) is 1. The van der Waals surface area contributed by atoms with Gasteiger partial charge in [-0.15, -0.1) is 0 Å². The van der Waals surface area contributed by atoms with Crippen molar-refractivity contribution >= 4 is 5.78 Å². The summed E-state index contributed by atoms with van der Waals surface area (Å²) >= 11 is 0. The second kappa shape index (κ2) is 16.9. The molecule has 0 saturated heterocycles. The fourth-order valence-corrected chi connectivity index (χ4v) is 10.8. The summed E-state index contributed by atoms with van der Waals surface area (Å²) in [5.74, 6) is 4.27. The van der Waals surface area contributed by atoms with Gasteiger partial charge in [-0.1, -0.05) is 65.2 Å². The highest BCUT2D eigenvalue weighted by molar-refractivity contribution is 5.96. The molecule has 3 heteroatoms. The number of ether oxygens (including phenoxy) is 2. The Labute approximate surface area is 266 Å². The molecule has 2 spiro atoms. The minimum absolute atomic E-state index is 0.0906. The fourth-order valence-electron chi connectivity index (χ4n) is 10.8. The number of carbonyl (C=O) groups excluding carboxylic acids is 1. The van der Waals surface area contributed by atoms with Gasteiger partial charge in [0.25, 0.3) is 0 Å². The summed E-state index contributed by atoms with van der Waals surface area (Å²) in [5.41, 5.74) is 0.181. The highest BCUT2D eigenvalue weighted by atomic mass is 16.5. The van der Waals surface area contributed by atoms with Crippen molar-refractivity contribution in [3.8, 4) is 0 Å². The second-order valence-corrected chi connectivity index (χ2v) is 16.4. The molecule has 5 aliphatic carbocycles. The van der Waals surface area contributed by atoms with Crippen molar-refractivity contribution in [2.24, 2.45) is 34.5 Å². The molecule has 0 N–H and O–H groups in total. The first-order valence-corrected chi connectivity index (χ1v) is 19.9. The average molecular weight is 599 g/mol. The molecular formula is C40H70O3. The quantitative estimate of drug-likeness (QED) is 0.166. The molecule has 0 unspecified atom stereocenters. The van der Waals surface area contributed by atoms with E-state index >= 15 is 0 Å². The number of ketones is 1. The number of hydrogen-bond acceptors (Lipinski definition) is 3. The van der Waals surface area contributed by atoms with Crippen molar-refractivity contribution in [3.63, 3.8) is 0 Å². The lowest BCUT2D eigenvalue weighted by Crippen LogP contribution is -2.60. The van der Waals surface area contributed by atoms with Gasteiger partial charge < -0.3 is 9.47 Å². The van der Waals surface area contributed by atoms with Crippen molar-refractivity contribution in [1.29, 1.82) is 0 Å². The van der Waals surface area contributed by atoms with E-state index in [1.165, 1.54) is 173 Å². The van der Waals surface area contributed by atoms with Gasteiger partial charge in [-0.05, 0) is 146 Å². The Morgan fingerprint density at radius 1 is 0.488 bits per heavy atom. The molecule has 3 nitrogen and oxygen atoms in total. The van der Waals surface area contributed by atoms with E-state index in [1.54, 1.807) is 0 Å². The first-order chi connectivity index (χ1) is 21.1. The highest BCUT2D eigenvalue weighted by Gasteiger charge is 2.63. The lowest BCUT2D eigenvalue weighted by atomic mass is 9.42. The van der Waals surface area contributed by atoms with Gasteiger partial charge in [0.1, 0.15) is 5.78 Å². The van der Waals surface area contributed by atoms with Gasteiger partial charge in [0.15, 0.2) is 0 Å². The zero-order chi connectivity index (χ0) is 30.0. The Morgan fingerprint density at radius 3 is 1.19 bits per heavy atom. The number of carbonyl (C=O) groups is 1. The average Bonchev–Trinajstić information content (AvgIpc) is 3.05. The van der Waals surface area contributed by atoms with Gasteiger partial charge in [0.2, 0.25) is 0 Å². The highest BCUT2D eigenvalue weighted by Crippen LogP contribution is 2.65. The number of unbranched alkanes of at least 4 members (excludes halogenated alkanes) is 8. The van der Waals surface area contributed by atoms with Crippen molar-refractivity contribution < 1.29 is 14.3 Å². The molecular weight excluding hydrogens is 528 g/mol. The van der Waals surface area contributed by atoms with E-state index in [1.807, 2.05) is 0 Å². The molecule has 0 amide bonds. The molecule has 43 heavy (non-hydrogen) atoms. The van der Waals surface area contributed by atoms with E-state index in [0.717, 1.165) is 42.7 Å². The van der Waals surface area contributed by atoms with Gasteiger partial charge >= 0.3 is 0 Å². The molecule has 0 aliphatic heterocycles. The zero-order valence-electron chi connectivity index (χ0n) is 28.7. The number of rotatable bonds is 16. The van der Waals surface area contributed by atoms with Crippen LogP contribution in [-0.4, -0.2) is 31.2 Å². The maximum atomic E-state index is 13.9. The summed E-state index contributed by atoms with van der Waals surface area (Å²) in [7, 11) is 0. The van der Waals surface area contributed by atoms with Crippen LogP contribution in [0.3, 0.4) is 0 Å². The molecule has 0 radical (unpaired) electrons. The second-order valence-electron chi connectivity index (χ2n) is 16.4. The molecule has 248 valence electrons. The first-order valence-electron chi connectivity index (χ1n) is 19.9. The zero-order valence-corrected chi connectivity index (χ0v) is 28.7.